The van der Waals surface area contributed by atoms with Gasteiger partial charge < -0.3 is 10.1 Å². The summed E-state index contributed by atoms with van der Waals surface area (Å²) in [7, 11) is 0. The minimum Gasteiger partial charge on any atom is -0.370 e. The molecule has 0 saturated heterocycles. The van der Waals surface area contributed by atoms with Gasteiger partial charge in [0.25, 0.3) is 0 Å². The van der Waals surface area contributed by atoms with Gasteiger partial charge in [-0.05, 0) is 49.9 Å². The van der Waals surface area contributed by atoms with Gasteiger partial charge >= 0.3 is 0 Å². The smallest absolute Gasteiger partial charge is 0.0812 e. The first kappa shape index (κ1) is 17.3. The van der Waals surface area contributed by atoms with Crippen LogP contribution in [-0.4, -0.2) is 24.3 Å². The third-order valence-corrected chi connectivity index (χ3v) is 5.85. The van der Waals surface area contributed by atoms with Gasteiger partial charge in [0.15, 0.2) is 0 Å². The molecule has 5 atom stereocenters. The summed E-state index contributed by atoms with van der Waals surface area (Å²) in [5.41, 5.74) is 0.104. The molecule has 5 unspecified atom stereocenters. The van der Waals surface area contributed by atoms with Gasteiger partial charge in [-0.15, -0.1) is 0 Å². The fraction of sp³-hybridized carbons (Fsp3) is 1.00. The monoisotopic (exact) mass is 295 g/mol. The van der Waals surface area contributed by atoms with E-state index in [0.717, 1.165) is 24.3 Å². The van der Waals surface area contributed by atoms with Gasteiger partial charge in [0, 0.05) is 12.6 Å². The Hall–Kier alpha value is -0.0800. The Morgan fingerprint density at radius 2 is 1.86 bits per heavy atom. The number of nitrogens with one attached hydrogen (secondary N) is 1. The van der Waals surface area contributed by atoms with E-state index in [9.17, 15) is 0 Å². The molecule has 21 heavy (non-hydrogen) atoms. The highest BCUT2D eigenvalue weighted by atomic mass is 16.5. The van der Waals surface area contributed by atoms with E-state index in [2.05, 4.69) is 39.9 Å². The Balaban J connectivity index is 1.98. The second-order valence-corrected chi connectivity index (χ2v) is 8.43. The van der Waals surface area contributed by atoms with Crippen LogP contribution in [0.2, 0.25) is 0 Å². The molecular formula is C19H37NO. The molecule has 0 aromatic rings. The predicted molar refractivity (Wildman–Crippen MR) is 90.6 cm³/mol. The van der Waals surface area contributed by atoms with Crippen LogP contribution in [0.5, 0.6) is 0 Å². The van der Waals surface area contributed by atoms with Crippen LogP contribution in [0.15, 0.2) is 0 Å². The summed E-state index contributed by atoms with van der Waals surface area (Å²) in [5.74, 6) is 2.51. The molecule has 0 heterocycles. The van der Waals surface area contributed by atoms with Crippen molar-refractivity contribution >= 4 is 0 Å². The van der Waals surface area contributed by atoms with Gasteiger partial charge in [0.1, 0.15) is 0 Å². The van der Waals surface area contributed by atoms with Crippen LogP contribution in [0.1, 0.15) is 79.6 Å². The fourth-order valence-electron chi connectivity index (χ4n) is 4.27. The summed E-state index contributed by atoms with van der Waals surface area (Å²) < 4.78 is 6.80. The standard InChI is InChI=1S/C19H37NO/c1-14(2)20-13-19(10-6-7-15(3)12-19)21-18-9-8-16(4)17(5)11-18/h14-18,20H,6-13H2,1-5H3. The highest BCUT2D eigenvalue weighted by Gasteiger charge is 2.39. The van der Waals surface area contributed by atoms with Crippen LogP contribution in [0, 0.1) is 17.8 Å². The summed E-state index contributed by atoms with van der Waals surface area (Å²) in [5, 5.41) is 3.66. The van der Waals surface area contributed by atoms with Crippen LogP contribution >= 0.6 is 0 Å². The predicted octanol–water partition coefficient (Wildman–Crippen LogP) is 4.77. The Morgan fingerprint density at radius 3 is 2.48 bits per heavy atom. The molecule has 0 amide bonds. The minimum atomic E-state index is 0.104. The number of rotatable bonds is 5. The van der Waals surface area contributed by atoms with Crippen molar-refractivity contribution in [2.45, 2.75) is 97.3 Å². The van der Waals surface area contributed by atoms with Crippen molar-refractivity contribution in [1.82, 2.24) is 5.32 Å². The SMILES string of the molecule is CC1CCCC(CNC(C)C)(OC2CCC(C)C(C)C2)C1. The zero-order chi connectivity index (χ0) is 15.5. The van der Waals surface area contributed by atoms with Crippen molar-refractivity contribution in [1.29, 1.82) is 0 Å². The number of hydrogen-bond acceptors (Lipinski definition) is 2. The molecule has 2 fully saturated rings. The molecule has 0 bridgehead atoms. The van der Waals surface area contributed by atoms with E-state index in [0.29, 0.717) is 12.1 Å². The van der Waals surface area contributed by atoms with Crippen molar-refractivity contribution in [3.63, 3.8) is 0 Å². The molecule has 0 radical (unpaired) electrons. The topological polar surface area (TPSA) is 21.3 Å². The molecule has 0 aromatic carbocycles. The van der Waals surface area contributed by atoms with E-state index in [4.69, 9.17) is 4.74 Å². The average Bonchev–Trinajstić information content (AvgIpc) is 2.41. The van der Waals surface area contributed by atoms with Gasteiger partial charge in [0.2, 0.25) is 0 Å². The first-order valence-corrected chi connectivity index (χ1v) is 9.31. The van der Waals surface area contributed by atoms with Gasteiger partial charge in [-0.2, -0.15) is 0 Å². The van der Waals surface area contributed by atoms with Gasteiger partial charge in [-0.3, -0.25) is 0 Å². The second kappa shape index (κ2) is 7.46. The second-order valence-electron chi connectivity index (χ2n) is 8.43. The lowest BCUT2D eigenvalue weighted by molar-refractivity contribution is -0.138. The zero-order valence-corrected chi connectivity index (χ0v) is 15.0. The van der Waals surface area contributed by atoms with E-state index in [1.54, 1.807) is 0 Å². The molecule has 2 heteroatoms. The zero-order valence-electron chi connectivity index (χ0n) is 15.0. The summed E-state index contributed by atoms with van der Waals surface area (Å²) >= 11 is 0. The maximum atomic E-state index is 6.80. The van der Waals surface area contributed by atoms with Crippen LogP contribution in [-0.2, 0) is 4.74 Å². The average molecular weight is 296 g/mol. The van der Waals surface area contributed by atoms with Crippen LogP contribution in [0.25, 0.3) is 0 Å². The van der Waals surface area contributed by atoms with E-state index in [1.165, 1.54) is 44.9 Å². The summed E-state index contributed by atoms with van der Waals surface area (Å²) in [4.78, 5) is 0. The van der Waals surface area contributed by atoms with Crippen LogP contribution in [0.4, 0.5) is 0 Å². The molecule has 2 rings (SSSR count). The van der Waals surface area contributed by atoms with Crippen molar-refractivity contribution in [3.8, 4) is 0 Å². The maximum Gasteiger partial charge on any atom is 0.0812 e. The lowest BCUT2D eigenvalue weighted by Crippen LogP contribution is -2.50. The summed E-state index contributed by atoms with van der Waals surface area (Å²) in [6.45, 7) is 12.7. The Kier molecular flexibility index (Phi) is 6.14. The number of ether oxygens (including phenoxy) is 1. The van der Waals surface area contributed by atoms with Gasteiger partial charge in [-0.1, -0.05) is 47.5 Å². The van der Waals surface area contributed by atoms with Crippen LogP contribution < -0.4 is 5.32 Å². The molecule has 124 valence electrons. The summed E-state index contributed by atoms with van der Waals surface area (Å²) in [6, 6.07) is 0.549. The highest BCUT2D eigenvalue weighted by Crippen LogP contribution is 2.39. The van der Waals surface area contributed by atoms with Crippen molar-refractivity contribution in [2.24, 2.45) is 17.8 Å². The quantitative estimate of drug-likeness (QED) is 0.788. The Labute approximate surface area is 132 Å². The summed E-state index contributed by atoms with van der Waals surface area (Å²) in [6.07, 6.45) is 9.57. The Morgan fingerprint density at radius 1 is 1.10 bits per heavy atom. The van der Waals surface area contributed by atoms with E-state index in [1.807, 2.05) is 0 Å². The molecule has 1 N–H and O–H groups in total. The normalized spacial score (nSPS) is 41.4. The third-order valence-electron chi connectivity index (χ3n) is 5.85. The van der Waals surface area contributed by atoms with Crippen molar-refractivity contribution < 1.29 is 4.74 Å². The minimum absolute atomic E-state index is 0.104. The van der Waals surface area contributed by atoms with E-state index in [-0.39, 0.29) is 5.60 Å². The molecule has 0 aromatic heterocycles. The lowest BCUT2D eigenvalue weighted by atomic mass is 9.76. The van der Waals surface area contributed by atoms with E-state index >= 15 is 0 Å². The molecule has 2 aliphatic carbocycles. The van der Waals surface area contributed by atoms with Crippen LogP contribution in [0.3, 0.4) is 0 Å². The molecule has 2 aliphatic rings. The largest absolute Gasteiger partial charge is 0.370 e. The third kappa shape index (κ3) is 4.96. The maximum absolute atomic E-state index is 6.80. The van der Waals surface area contributed by atoms with Gasteiger partial charge in [0.05, 0.1) is 11.7 Å². The Bertz CT molecular complexity index is 317. The first-order valence-electron chi connectivity index (χ1n) is 9.31. The lowest BCUT2D eigenvalue weighted by Gasteiger charge is -2.45. The van der Waals surface area contributed by atoms with E-state index < -0.39 is 0 Å². The molecule has 0 spiro atoms. The molecular weight excluding hydrogens is 258 g/mol. The highest BCUT2D eigenvalue weighted by molar-refractivity contribution is 4.91. The molecule has 2 nitrogen and oxygen atoms in total. The van der Waals surface area contributed by atoms with Crippen molar-refractivity contribution in [3.05, 3.63) is 0 Å². The van der Waals surface area contributed by atoms with Gasteiger partial charge in [-0.25, -0.2) is 0 Å². The first-order chi connectivity index (χ1) is 9.90. The number of hydrogen-bond donors (Lipinski definition) is 1. The fourth-order valence-corrected chi connectivity index (χ4v) is 4.27. The molecule has 0 aliphatic heterocycles. The molecule has 2 saturated carbocycles. The van der Waals surface area contributed by atoms with Crippen molar-refractivity contribution in [2.75, 3.05) is 6.54 Å².